The van der Waals surface area contributed by atoms with Crippen molar-refractivity contribution in [3.8, 4) is 0 Å². The van der Waals surface area contributed by atoms with Crippen molar-refractivity contribution in [1.82, 2.24) is 19.9 Å². The van der Waals surface area contributed by atoms with Gasteiger partial charge in [-0.3, -0.25) is 4.79 Å². The second-order valence-corrected chi connectivity index (χ2v) is 6.55. The molecule has 0 saturated heterocycles. The van der Waals surface area contributed by atoms with E-state index in [4.69, 9.17) is 0 Å². The molecular weight excluding hydrogens is 296 g/mol. The maximum absolute atomic E-state index is 12.7. The zero-order chi connectivity index (χ0) is 15.1. The lowest BCUT2D eigenvalue weighted by atomic mass is 10.0. The molecule has 3 heterocycles. The number of aromatic nitrogens is 3. The van der Waals surface area contributed by atoms with Gasteiger partial charge in [0.2, 0.25) is 5.91 Å². The van der Waals surface area contributed by atoms with Crippen LogP contribution in [-0.4, -0.2) is 32.3 Å². The number of nitrogens with zero attached hydrogens (tertiary/aromatic N) is 4. The first kappa shape index (κ1) is 13.5. The standard InChI is InChI=1S/C16H16N4OS/c1-11-12-7-9-22-15(12)6-8-19(11)16(21)10-20-14-5-3-2-4-13(14)17-18-20/h2-5,7,9,11H,6,8,10H2,1H3/t11-/m0/s1. The van der Waals surface area contributed by atoms with E-state index in [9.17, 15) is 4.79 Å². The summed E-state index contributed by atoms with van der Waals surface area (Å²) < 4.78 is 1.69. The van der Waals surface area contributed by atoms with E-state index < -0.39 is 0 Å². The first-order valence-corrected chi connectivity index (χ1v) is 8.26. The van der Waals surface area contributed by atoms with E-state index in [1.165, 1.54) is 10.4 Å². The molecule has 1 aliphatic heterocycles. The maximum atomic E-state index is 12.7. The van der Waals surface area contributed by atoms with E-state index in [0.717, 1.165) is 24.0 Å². The predicted molar refractivity (Wildman–Crippen MR) is 85.7 cm³/mol. The van der Waals surface area contributed by atoms with Gasteiger partial charge in [-0.05, 0) is 42.5 Å². The third kappa shape index (κ3) is 2.11. The fourth-order valence-corrected chi connectivity index (χ4v) is 4.07. The number of rotatable bonds is 2. The molecule has 3 aromatic rings. The summed E-state index contributed by atoms with van der Waals surface area (Å²) in [5.74, 6) is 0.0972. The van der Waals surface area contributed by atoms with Gasteiger partial charge in [0.1, 0.15) is 12.1 Å². The number of hydrogen-bond donors (Lipinski definition) is 0. The predicted octanol–water partition coefficient (Wildman–Crippen LogP) is 2.64. The van der Waals surface area contributed by atoms with E-state index in [0.29, 0.717) is 0 Å². The highest BCUT2D eigenvalue weighted by Crippen LogP contribution is 2.32. The van der Waals surface area contributed by atoms with Gasteiger partial charge < -0.3 is 4.90 Å². The fraction of sp³-hybridized carbons (Fsp3) is 0.312. The third-order valence-corrected chi connectivity index (χ3v) is 5.30. The van der Waals surface area contributed by atoms with Gasteiger partial charge in [-0.15, -0.1) is 16.4 Å². The number of para-hydroxylation sites is 1. The Morgan fingerprint density at radius 1 is 1.36 bits per heavy atom. The van der Waals surface area contributed by atoms with Gasteiger partial charge in [-0.1, -0.05) is 17.3 Å². The molecule has 0 N–H and O–H groups in total. The number of carbonyl (C=O) groups excluding carboxylic acids is 1. The van der Waals surface area contributed by atoms with Crippen molar-refractivity contribution >= 4 is 28.3 Å². The summed E-state index contributed by atoms with van der Waals surface area (Å²) in [7, 11) is 0. The molecule has 0 saturated carbocycles. The van der Waals surface area contributed by atoms with Crippen molar-refractivity contribution < 1.29 is 4.79 Å². The minimum absolute atomic E-state index is 0.0972. The topological polar surface area (TPSA) is 51.0 Å². The quantitative estimate of drug-likeness (QED) is 0.731. The summed E-state index contributed by atoms with van der Waals surface area (Å²) >= 11 is 1.78. The minimum atomic E-state index is 0.0972. The molecule has 0 bridgehead atoms. The number of carbonyl (C=O) groups is 1. The van der Waals surface area contributed by atoms with Crippen molar-refractivity contribution in [2.75, 3.05) is 6.54 Å². The Balaban J connectivity index is 1.58. The Morgan fingerprint density at radius 2 is 2.23 bits per heavy atom. The Kier molecular flexibility index (Phi) is 3.18. The van der Waals surface area contributed by atoms with Gasteiger partial charge in [0.25, 0.3) is 0 Å². The van der Waals surface area contributed by atoms with Crippen LogP contribution >= 0.6 is 11.3 Å². The molecule has 22 heavy (non-hydrogen) atoms. The minimum Gasteiger partial charge on any atom is -0.334 e. The van der Waals surface area contributed by atoms with Crippen LogP contribution in [0.1, 0.15) is 23.4 Å². The molecule has 0 radical (unpaired) electrons. The molecule has 1 aromatic carbocycles. The molecule has 0 spiro atoms. The summed E-state index contributed by atoms with van der Waals surface area (Å²) in [6.45, 7) is 3.12. The van der Waals surface area contributed by atoms with Crippen LogP contribution in [0.4, 0.5) is 0 Å². The monoisotopic (exact) mass is 312 g/mol. The first-order chi connectivity index (χ1) is 10.7. The molecule has 1 atom stereocenters. The van der Waals surface area contributed by atoms with Crippen LogP contribution in [0, 0.1) is 0 Å². The number of hydrogen-bond acceptors (Lipinski definition) is 4. The van der Waals surface area contributed by atoms with Gasteiger partial charge in [-0.2, -0.15) is 0 Å². The van der Waals surface area contributed by atoms with Crippen LogP contribution in [0.25, 0.3) is 11.0 Å². The Hall–Kier alpha value is -2.21. The van der Waals surface area contributed by atoms with E-state index in [-0.39, 0.29) is 18.5 Å². The van der Waals surface area contributed by atoms with E-state index in [2.05, 4.69) is 28.7 Å². The number of thiophene rings is 1. The summed E-state index contributed by atoms with van der Waals surface area (Å²) in [5.41, 5.74) is 3.01. The molecule has 5 nitrogen and oxygen atoms in total. The van der Waals surface area contributed by atoms with Crippen LogP contribution in [0.3, 0.4) is 0 Å². The molecule has 4 rings (SSSR count). The van der Waals surface area contributed by atoms with Crippen molar-refractivity contribution in [1.29, 1.82) is 0 Å². The number of benzene rings is 1. The lowest BCUT2D eigenvalue weighted by Gasteiger charge is -2.33. The molecule has 0 fully saturated rings. The highest BCUT2D eigenvalue weighted by molar-refractivity contribution is 7.10. The van der Waals surface area contributed by atoms with Crippen LogP contribution in [0.5, 0.6) is 0 Å². The summed E-state index contributed by atoms with van der Waals surface area (Å²) in [5, 5.41) is 10.3. The van der Waals surface area contributed by atoms with Crippen LogP contribution < -0.4 is 0 Å². The normalized spacial score (nSPS) is 17.7. The van der Waals surface area contributed by atoms with Crippen molar-refractivity contribution in [2.24, 2.45) is 0 Å². The second kappa shape index (κ2) is 5.21. The maximum Gasteiger partial charge on any atom is 0.244 e. The molecular formula is C16H16N4OS. The highest BCUT2D eigenvalue weighted by Gasteiger charge is 2.28. The molecule has 1 amide bonds. The largest absolute Gasteiger partial charge is 0.334 e. The van der Waals surface area contributed by atoms with Gasteiger partial charge in [0, 0.05) is 11.4 Å². The molecule has 0 unspecified atom stereocenters. The summed E-state index contributed by atoms with van der Waals surface area (Å²) in [4.78, 5) is 16.0. The second-order valence-electron chi connectivity index (χ2n) is 5.55. The smallest absolute Gasteiger partial charge is 0.244 e. The first-order valence-electron chi connectivity index (χ1n) is 7.38. The Morgan fingerprint density at radius 3 is 3.14 bits per heavy atom. The average molecular weight is 312 g/mol. The molecule has 1 aliphatic rings. The number of amides is 1. The van der Waals surface area contributed by atoms with E-state index >= 15 is 0 Å². The van der Waals surface area contributed by atoms with Crippen molar-refractivity contribution in [2.45, 2.75) is 25.9 Å². The molecule has 2 aromatic heterocycles. The SMILES string of the molecule is C[C@H]1c2ccsc2CCN1C(=O)Cn1nnc2ccccc21. The Bertz CT molecular complexity index is 837. The van der Waals surface area contributed by atoms with Gasteiger partial charge in [0.05, 0.1) is 11.6 Å². The van der Waals surface area contributed by atoms with E-state index in [1.54, 1.807) is 16.0 Å². The van der Waals surface area contributed by atoms with Gasteiger partial charge in [-0.25, -0.2) is 4.68 Å². The fourth-order valence-electron chi connectivity index (χ4n) is 3.10. The molecule has 112 valence electrons. The third-order valence-electron chi connectivity index (χ3n) is 4.30. The van der Waals surface area contributed by atoms with E-state index in [1.807, 2.05) is 29.2 Å². The summed E-state index contributed by atoms with van der Waals surface area (Å²) in [6.07, 6.45) is 0.946. The van der Waals surface area contributed by atoms with Crippen LogP contribution in [0.15, 0.2) is 35.7 Å². The highest BCUT2D eigenvalue weighted by atomic mass is 32.1. The van der Waals surface area contributed by atoms with Crippen LogP contribution in [-0.2, 0) is 17.8 Å². The molecule has 6 heteroatoms. The number of fused-ring (bicyclic) bond motifs is 2. The van der Waals surface area contributed by atoms with Crippen LogP contribution in [0.2, 0.25) is 0 Å². The Labute approximate surface area is 132 Å². The van der Waals surface area contributed by atoms with Gasteiger partial charge >= 0.3 is 0 Å². The van der Waals surface area contributed by atoms with Crippen molar-refractivity contribution in [3.05, 3.63) is 46.2 Å². The lowest BCUT2D eigenvalue weighted by Crippen LogP contribution is -2.40. The van der Waals surface area contributed by atoms with Crippen molar-refractivity contribution in [3.63, 3.8) is 0 Å². The zero-order valence-corrected chi connectivity index (χ0v) is 13.1. The zero-order valence-electron chi connectivity index (χ0n) is 12.3. The summed E-state index contributed by atoms with van der Waals surface area (Å²) in [6, 6.07) is 9.98. The average Bonchev–Trinajstić information content (AvgIpc) is 3.15. The van der Waals surface area contributed by atoms with Gasteiger partial charge in [0.15, 0.2) is 0 Å². The lowest BCUT2D eigenvalue weighted by molar-refractivity contribution is -0.134. The molecule has 0 aliphatic carbocycles.